The molecule has 1 nitrogen and oxygen atoms in total. The molecule has 2 atom stereocenters. The first kappa shape index (κ1) is 9.72. The number of benzene rings is 1. The second kappa shape index (κ2) is 4.14. The average molecular weight is 189 g/mol. The van der Waals surface area contributed by atoms with E-state index in [1.807, 2.05) is 0 Å². The van der Waals surface area contributed by atoms with E-state index in [0.717, 1.165) is 12.0 Å². The fourth-order valence-corrected chi connectivity index (χ4v) is 2.42. The number of nitrogens with zero attached hydrogens (tertiary/aromatic N) is 1. The van der Waals surface area contributed by atoms with Gasteiger partial charge in [0, 0.05) is 12.6 Å². The van der Waals surface area contributed by atoms with Crippen molar-refractivity contribution in [1.82, 2.24) is 4.90 Å². The van der Waals surface area contributed by atoms with Crippen molar-refractivity contribution in [3.63, 3.8) is 0 Å². The first-order valence-electron chi connectivity index (χ1n) is 5.50. The Morgan fingerprint density at radius 2 is 2.00 bits per heavy atom. The van der Waals surface area contributed by atoms with Crippen LogP contribution >= 0.6 is 0 Å². The normalized spacial score (nSPS) is 28.1. The highest BCUT2D eigenvalue weighted by Crippen LogP contribution is 2.24. The summed E-state index contributed by atoms with van der Waals surface area (Å²) in [5, 5.41) is 0. The van der Waals surface area contributed by atoms with Gasteiger partial charge < -0.3 is 4.90 Å². The van der Waals surface area contributed by atoms with Crippen molar-refractivity contribution in [2.75, 3.05) is 13.6 Å². The molecular weight excluding hydrogens is 170 g/mol. The summed E-state index contributed by atoms with van der Waals surface area (Å²) in [7, 11) is 2.23. The number of rotatable bonds is 2. The summed E-state index contributed by atoms with van der Waals surface area (Å²) in [5.41, 5.74) is 1.49. The summed E-state index contributed by atoms with van der Waals surface area (Å²) in [5.74, 6) is 0.859. The van der Waals surface area contributed by atoms with E-state index in [4.69, 9.17) is 0 Å². The summed E-state index contributed by atoms with van der Waals surface area (Å²) in [6, 6.07) is 11.6. The molecule has 0 N–H and O–H groups in total. The van der Waals surface area contributed by atoms with E-state index in [9.17, 15) is 0 Å². The molecule has 1 fully saturated rings. The van der Waals surface area contributed by atoms with Crippen LogP contribution in [0.3, 0.4) is 0 Å². The molecule has 14 heavy (non-hydrogen) atoms. The summed E-state index contributed by atoms with van der Waals surface area (Å²) >= 11 is 0. The third-order valence-electron chi connectivity index (χ3n) is 3.34. The zero-order valence-corrected chi connectivity index (χ0v) is 9.11. The Bertz CT molecular complexity index is 271. The first-order valence-corrected chi connectivity index (χ1v) is 5.50. The van der Waals surface area contributed by atoms with Gasteiger partial charge in [-0.1, -0.05) is 30.3 Å². The predicted octanol–water partition coefficient (Wildman–Crippen LogP) is 2.57. The van der Waals surface area contributed by atoms with E-state index in [-0.39, 0.29) is 0 Å². The van der Waals surface area contributed by atoms with Crippen LogP contribution in [0.5, 0.6) is 0 Å². The molecule has 1 heteroatoms. The molecule has 1 unspecified atom stereocenters. The van der Waals surface area contributed by atoms with Gasteiger partial charge in [0.1, 0.15) is 0 Å². The number of likely N-dealkylation sites (tertiary alicyclic amines) is 1. The Morgan fingerprint density at radius 1 is 1.29 bits per heavy atom. The smallest absolute Gasteiger partial charge is 0.00672 e. The second-order valence-electron chi connectivity index (χ2n) is 4.58. The summed E-state index contributed by atoms with van der Waals surface area (Å²) in [6.07, 6.45) is 2.60. The lowest BCUT2D eigenvalue weighted by Gasteiger charge is -2.12. The van der Waals surface area contributed by atoms with Crippen molar-refractivity contribution >= 4 is 0 Å². The standard InChI is InChI=1S/C13H19N/c1-11-8-13(10-14(11)2)9-12-6-4-3-5-7-12/h3-7,11,13H,8-10H2,1-2H3/t11?,13-/m0/s1. The maximum Gasteiger partial charge on any atom is 0.00672 e. The molecule has 0 aromatic heterocycles. The lowest BCUT2D eigenvalue weighted by molar-refractivity contribution is 0.325. The quantitative estimate of drug-likeness (QED) is 0.691. The minimum Gasteiger partial charge on any atom is -0.303 e. The van der Waals surface area contributed by atoms with Crippen LogP contribution < -0.4 is 0 Å². The van der Waals surface area contributed by atoms with Crippen LogP contribution in [0.4, 0.5) is 0 Å². The molecule has 1 saturated heterocycles. The molecule has 0 radical (unpaired) electrons. The van der Waals surface area contributed by atoms with Gasteiger partial charge >= 0.3 is 0 Å². The van der Waals surface area contributed by atoms with Gasteiger partial charge in [0.2, 0.25) is 0 Å². The van der Waals surface area contributed by atoms with Crippen LogP contribution in [0.25, 0.3) is 0 Å². The van der Waals surface area contributed by atoms with Crippen molar-refractivity contribution in [1.29, 1.82) is 0 Å². The lowest BCUT2D eigenvalue weighted by Crippen LogP contribution is -2.21. The van der Waals surface area contributed by atoms with Crippen LogP contribution in [0.1, 0.15) is 18.9 Å². The highest BCUT2D eigenvalue weighted by molar-refractivity contribution is 5.15. The Balaban J connectivity index is 1.94. The maximum atomic E-state index is 2.47. The molecule has 1 aliphatic rings. The Morgan fingerprint density at radius 3 is 2.57 bits per heavy atom. The monoisotopic (exact) mass is 189 g/mol. The van der Waals surface area contributed by atoms with E-state index in [1.165, 1.54) is 24.9 Å². The van der Waals surface area contributed by atoms with E-state index in [0.29, 0.717) is 0 Å². The van der Waals surface area contributed by atoms with Crippen molar-refractivity contribution in [3.05, 3.63) is 35.9 Å². The number of hydrogen-bond acceptors (Lipinski definition) is 1. The number of hydrogen-bond donors (Lipinski definition) is 0. The van der Waals surface area contributed by atoms with Crippen molar-refractivity contribution < 1.29 is 0 Å². The highest BCUT2D eigenvalue weighted by Gasteiger charge is 2.25. The summed E-state index contributed by atoms with van der Waals surface area (Å²) in [6.45, 7) is 3.58. The highest BCUT2D eigenvalue weighted by atomic mass is 15.1. The molecule has 76 valence electrons. The summed E-state index contributed by atoms with van der Waals surface area (Å²) < 4.78 is 0. The topological polar surface area (TPSA) is 3.24 Å². The molecule has 0 aliphatic carbocycles. The van der Waals surface area contributed by atoms with E-state index in [2.05, 4.69) is 49.2 Å². The zero-order valence-electron chi connectivity index (χ0n) is 9.11. The van der Waals surface area contributed by atoms with Gasteiger partial charge in [-0.25, -0.2) is 0 Å². The van der Waals surface area contributed by atoms with Crippen molar-refractivity contribution in [2.45, 2.75) is 25.8 Å². The Kier molecular flexibility index (Phi) is 2.87. The van der Waals surface area contributed by atoms with Crippen molar-refractivity contribution in [3.8, 4) is 0 Å². The molecule has 0 spiro atoms. The van der Waals surface area contributed by atoms with E-state index < -0.39 is 0 Å². The van der Waals surface area contributed by atoms with Gasteiger partial charge in [-0.2, -0.15) is 0 Å². The molecule has 1 aromatic carbocycles. The van der Waals surface area contributed by atoms with Gasteiger partial charge in [-0.05, 0) is 38.3 Å². The molecular formula is C13H19N. The molecule has 1 aliphatic heterocycles. The Labute approximate surface area is 86.7 Å². The van der Waals surface area contributed by atoms with Crippen LogP contribution in [0.15, 0.2) is 30.3 Å². The first-order chi connectivity index (χ1) is 6.75. The van der Waals surface area contributed by atoms with Crippen LogP contribution in [0, 0.1) is 5.92 Å². The van der Waals surface area contributed by atoms with Crippen LogP contribution in [-0.2, 0) is 6.42 Å². The zero-order chi connectivity index (χ0) is 9.97. The molecule has 1 heterocycles. The predicted molar refractivity (Wildman–Crippen MR) is 60.3 cm³/mol. The molecule has 1 aromatic rings. The van der Waals surface area contributed by atoms with E-state index in [1.54, 1.807) is 0 Å². The lowest BCUT2D eigenvalue weighted by atomic mass is 9.97. The minimum absolute atomic E-state index is 0.767. The van der Waals surface area contributed by atoms with Gasteiger partial charge in [-0.3, -0.25) is 0 Å². The minimum atomic E-state index is 0.767. The maximum absolute atomic E-state index is 2.47. The van der Waals surface area contributed by atoms with Gasteiger partial charge in [-0.15, -0.1) is 0 Å². The molecule has 0 saturated carbocycles. The van der Waals surface area contributed by atoms with Crippen LogP contribution in [-0.4, -0.2) is 24.5 Å². The van der Waals surface area contributed by atoms with Gasteiger partial charge in [0.25, 0.3) is 0 Å². The van der Waals surface area contributed by atoms with Gasteiger partial charge in [0.15, 0.2) is 0 Å². The third-order valence-corrected chi connectivity index (χ3v) is 3.34. The summed E-state index contributed by atoms with van der Waals surface area (Å²) in [4.78, 5) is 2.47. The Hall–Kier alpha value is -0.820. The second-order valence-corrected chi connectivity index (χ2v) is 4.58. The fraction of sp³-hybridized carbons (Fsp3) is 0.538. The van der Waals surface area contributed by atoms with Crippen LogP contribution in [0.2, 0.25) is 0 Å². The van der Waals surface area contributed by atoms with E-state index >= 15 is 0 Å². The van der Waals surface area contributed by atoms with Gasteiger partial charge in [0.05, 0.1) is 0 Å². The SMILES string of the molecule is CC1C[C@@H](Cc2ccccc2)CN1C. The third kappa shape index (κ3) is 2.16. The molecule has 2 rings (SSSR count). The average Bonchev–Trinajstić information content (AvgIpc) is 2.47. The fourth-order valence-electron chi connectivity index (χ4n) is 2.42. The molecule has 0 bridgehead atoms. The van der Waals surface area contributed by atoms with Crippen molar-refractivity contribution in [2.24, 2.45) is 5.92 Å². The largest absolute Gasteiger partial charge is 0.303 e. The molecule has 0 amide bonds.